The van der Waals surface area contributed by atoms with Gasteiger partial charge in [-0.15, -0.1) is 0 Å². The summed E-state index contributed by atoms with van der Waals surface area (Å²) in [4.78, 5) is 14.9. The third-order valence-corrected chi connectivity index (χ3v) is 5.88. The predicted molar refractivity (Wildman–Crippen MR) is 103 cm³/mol. The van der Waals surface area contributed by atoms with Crippen molar-refractivity contribution in [3.05, 3.63) is 42.2 Å². The molecule has 27 heavy (non-hydrogen) atoms. The van der Waals surface area contributed by atoms with Crippen molar-refractivity contribution in [2.24, 2.45) is 5.92 Å². The van der Waals surface area contributed by atoms with Crippen molar-refractivity contribution in [1.29, 1.82) is 0 Å². The molecule has 0 spiro atoms. The van der Waals surface area contributed by atoms with Crippen LogP contribution in [0.4, 0.5) is 5.69 Å². The summed E-state index contributed by atoms with van der Waals surface area (Å²) in [6.07, 6.45) is 3.39. The molecule has 0 aliphatic carbocycles. The summed E-state index contributed by atoms with van der Waals surface area (Å²) in [6.45, 7) is 3.18. The van der Waals surface area contributed by atoms with Gasteiger partial charge in [-0.2, -0.15) is 0 Å². The fraction of sp³-hybridized carbons (Fsp3) is 0.421. The lowest BCUT2D eigenvalue weighted by molar-refractivity contribution is 0.0606. The number of piperidine rings is 3. The van der Waals surface area contributed by atoms with E-state index in [0.717, 1.165) is 44.3 Å². The van der Waals surface area contributed by atoms with Gasteiger partial charge in [-0.1, -0.05) is 0 Å². The molecule has 3 aliphatic rings. The van der Waals surface area contributed by atoms with Gasteiger partial charge in [-0.3, -0.25) is 9.52 Å². The Morgan fingerprint density at radius 1 is 1.11 bits per heavy atom. The highest BCUT2D eigenvalue weighted by Crippen LogP contribution is 2.28. The molecule has 2 bridgehead atoms. The predicted octanol–water partition coefficient (Wildman–Crippen LogP) is 2.14. The lowest BCUT2D eigenvalue weighted by Crippen LogP contribution is -2.57. The molecule has 1 atom stereocenters. The molecular formula is C19H23N3O4S. The quantitative estimate of drug-likeness (QED) is 0.818. The summed E-state index contributed by atoms with van der Waals surface area (Å²) in [6, 6.07) is 10.4. The second-order valence-corrected chi connectivity index (χ2v) is 9.08. The number of amides is 1. The molecule has 7 nitrogen and oxygen atoms in total. The van der Waals surface area contributed by atoms with Crippen LogP contribution >= 0.6 is 0 Å². The average molecular weight is 389 g/mol. The smallest absolute Gasteiger partial charge is 0.287 e. The van der Waals surface area contributed by atoms with Crippen LogP contribution in [0.2, 0.25) is 0 Å². The van der Waals surface area contributed by atoms with Crippen molar-refractivity contribution < 1.29 is 17.6 Å². The molecule has 144 valence electrons. The molecule has 1 aromatic carbocycles. The highest BCUT2D eigenvalue weighted by Gasteiger charge is 2.35. The monoisotopic (exact) mass is 389 g/mol. The molecule has 4 heterocycles. The number of sulfonamides is 1. The van der Waals surface area contributed by atoms with Crippen molar-refractivity contribution >= 4 is 21.6 Å². The Hall–Kier alpha value is -2.32. The molecule has 2 N–H and O–H groups in total. The number of benzene rings is 1. The van der Waals surface area contributed by atoms with E-state index >= 15 is 0 Å². The number of hydrogen-bond acceptors (Lipinski definition) is 5. The zero-order chi connectivity index (χ0) is 19.0. The van der Waals surface area contributed by atoms with E-state index in [1.165, 1.54) is 0 Å². The van der Waals surface area contributed by atoms with E-state index in [4.69, 9.17) is 4.42 Å². The highest BCUT2D eigenvalue weighted by atomic mass is 32.2. The Morgan fingerprint density at radius 3 is 2.41 bits per heavy atom. The van der Waals surface area contributed by atoms with Gasteiger partial charge >= 0.3 is 0 Å². The Kier molecular flexibility index (Phi) is 4.69. The molecule has 3 aliphatic heterocycles. The molecule has 0 saturated carbocycles. The average Bonchev–Trinajstić information content (AvgIpc) is 3.12. The Bertz CT molecular complexity index is 928. The minimum absolute atomic E-state index is 0.185. The van der Waals surface area contributed by atoms with E-state index in [9.17, 15) is 13.2 Å². The first-order valence-corrected chi connectivity index (χ1v) is 11.0. The van der Waals surface area contributed by atoms with Crippen LogP contribution in [0.25, 0.3) is 11.3 Å². The molecule has 3 saturated heterocycles. The topological polar surface area (TPSA) is 91.6 Å². The van der Waals surface area contributed by atoms with E-state index in [2.05, 4.69) is 14.9 Å². The first-order valence-electron chi connectivity index (χ1n) is 9.09. The Balaban J connectivity index is 1.43. The maximum absolute atomic E-state index is 12.5. The molecule has 0 unspecified atom stereocenters. The van der Waals surface area contributed by atoms with E-state index in [1.807, 2.05) is 0 Å². The van der Waals surface area contributed by atoms with Gasteiger partial charge in [0.05, 0.1) is 6.26 Å². The van der Waals surface area contributed by atoms with E-state index in [1.54, 1.807) is 36.4 Å². The maximum atomic E-state index is 12.5. The molecule has 5 rings (SSSR count). The van der Waals surface area contributed by atoms with Crippen LogP contribution in [0.5, 0.6) is 0 Å². The summed E-state index contributed by atoms with van der Waals surface area (Å²) in [7, 11) is -3.31. The van der Waals surface area contributed by atoms with Crippen molar-refractivity contribution in [2.75, 3.05) is 30.6 Å². The van der Waals surface area contributed by atoms with E-state index in [0.29, 0.717) is 23.1 Å². The van der Waals surface area contributed by atoms with Gasteiger partial charge in [0.1, 0.15) is 5.76 Å². The highest BCUT2D eigenvalue weighted by molar-refractivity contribution is 7.92. The summed E-state index contributed by atoms with van der Waals surface area (Å²) in [5, 5.41) is 3.12. The molecule has 8 heteroatoms. The number of carbonyl (C=O) groups excluding carboxylic acids is 1. The lowest BCUT2D eigenvalue weighted by atomic mass is 9.84. The first-order chi connectivity index (χ1) is 12.9. The van der Waals surface area contributed by atoms with Crippen molar-refractivity contribution in [2.45, 2.75) is 18.9 Å². The number of nitrogens with one attached hydrogen (secondary N) is 2. The van der Waals surface area contributed by atoms with Crippen LogP contribution in [-0.2, 0) is 10.0 Å². The normalized spacial score (nSPS) is 24.6. The molecule has 2 aromatic rings. The summed E-state index contributed by atoms with van der Waals surface area (Å²) >= 11 is 0. The van der Waals surface area contributed by atoms with E-state index < -0.39 is 10.0 Å². The van der Waals surface area contributed by atoms with Crippen LogP contribution in [-0.4, -0.2) is 51.2 Å². The van der Waals surface area contributed by atoms with E-state index in [-0.39, 0.29) is 11.9 Å². The summed E-state index contributed by atoms with van der Waals surface area (Å²) in [5.74, 6) is 1.23. The molecule has 1 amide bonds. The number of hydrogen-bond donors (Lipinski definition) is 2. The number of nitrogens with zero attached hydrogens (tertiary/aromatic N) is 1. The fourth-order valence-corrected chi connectivity index (χ4v) is 4.46. The molecule has 0 radical (unpaired) electrons. The number of carbonyl (C=O) groups is 1. The van der Waals surface area contributed by atoms with Crippen LogP contribution in [0.15, 0.2) is 40.8 Å². The van der Waals surface area contributed by atoms with Gasteiger partial charge in [0.2, 0.25) is 10.0 Å². The molecule has 1 aromatic heterocycles. The van der Waals surface area contributed by atoms with Gasteiger partial charge in [-0.25, -0.2) is 8.42 Å². The Morgan fingerprint density at radius 2 is 1.81 bits per heavy atom. The first kappa shape index (κ1) is 18.1. The third-order valence-electron chi connectivity index (χ3n) is 5.28. The minimum Gasteiger partial charge on any atom is -0.451 e. The lowest BCUT2D eigenvalue weighted by Gasteiger charge is -2.44. The second kappa shape index (κ2) is 7.01. The number of fused-ring (bicyclic) bond motifs is 3. The fourth-order valence-electron chi connectivity index (χ4n) is 3.90. The van der Waals surface area contributed by atoms with Crippen LogP contribution in [0, 0.1) is 5.92 Å². The molecular weight excluding hydrogens is 366 g/mol. The van der Waals surface area contributed by atoms with Gasteiger partial charge in [0.15, 0.2) is 5.76 Å². The summed E-state index contributed by atoms with van der Waals surface area (Å²) < 4.78 is 30.7. The van der Waals surface area contributed by atoms with Gasteiger partial charge in [0.25, 0.3) is 5.91 Å². The minimum atomic E-state index is -3.31. The van der Waals surface area contributed by atoms with Crippen LogP contribution in [0.3, 0.4) is 0 Å². The maximum Gasteiger partial charge on any atom is 0.287 e. The van der Waals surface area contributed by atoms with Crippen molar-refractivity contribution in [1.82, 2.24) is 10.2 Å². The largest absolute Gasteiger partial charge is 0.451 e. The number of furan rings is 1. The number of rotatable bonds is 5. The zero-order valence-electron chi connectivity index (χ0n) is 15.1. The van der Waals surface area contributed by atoms with Crippen molar-refractivity contribution in [3.63, 3.8) is 0 Å². The van der Waals surface area contributed by atoms with Gasteiger partial charge in [-0.05, 0) is 68.2 Å². The van der Waals surface area contributed by atoms with Crippen LogP contribution < -0.4 is 10.0 Å². The van der Waals surface area contributed by atoms with Crippen LogP contribution in [0.1, 0.15) is 23.4 Å². The summed E-state index contributed by atoms with van der Waals surface area (Å²) in [5.41, 5.74) is 1.25. The standard InChI is InChI=1S/C19H23N3O4S/c1-27(24,25)21-15-4-2-14(3-5-15)17-6-7-18(26-17)19(23)20-16-12-22-10-8-13(16)9-11-22/h2-7,13,16,21H,8-12H2,1H3,(H,20,23)/t16-/m0/s1. The second-order valence-electron chi connectivity index (χ2n) is 7.33. The zero-order valence-corrected chi connectivity index (χ0v) is 16.0. The molecule has 3 fully saturated rings. The van der Waals surface area contributed by atoms with Gasteiger partial charge < -0.3 is 14.6 Å². The number of anilines is 1. The van der Waals surface area contributed by atoms with Gasteiger partial charge in [0, 0.05) is 23.8 Å². The third kappa shape index (κ3) is 4.17. The SMILES string of the molecule is CS(=O)(=O)Nc1ccc(-c2ccc(C(=O)N[C@H]3CN4CCC3CC4)o2)cc1. The Labute approximate surface area is 158 Å². The van der Waals surface area contributed by atoms with Crippen molar-refractivity contribution in [3.8, 4) is 11.3 Å².